The van der Waals surface area contributed by atoms with Crippen LogP contribution >= 0.6 is 11.3 Å². The number of nitrogens with one attached hydrogen (secondary N) is 1. The number of rotatable bonds is 7. The molecule has 0 aliphatic heterocycles. The lowest BCUT2D eigenvalue weighted by atomic mass is 10.1. The maximum absolute atomic E-state index is 12.0. The molecule has 1 N–H and O–H groups in total. The topological polar surface area (TPSA) is 46.9 Å². The van der Waals surface area contributed by atoms with Gasteiger partial charge in [-0.15, -0.1) is 0 Å². The lowest BCUT2D eigenvalue weighted by Crippen LogP contribution is -2.24. The number of aromatic nitrogens is 2. The van der Waals surface area contributed by atoms with E-state index < -0.39 is 0 Å². The first kappa shape index (κ1) is 15.5. The van der Waals surface area contributed by atoms with Gasteiger partial charge in [0.1, 0.15) is 5.82 Å². The zero-order valence-corrected chi connectivity index (χ0v) is 13.6. The molecule has 4 nitrogen and oxygen atoms in total. The molecule has 118 valence electrons. The predicted octanol–water partition coefficient (Wildman–Crippen LogP) is 3.51. The van der Waals surface area contributed by atoms with Crippen molar-refractivity contribution in [1.29, 1.82) is 0 Å². The van der Waals surface area contributed by atoms with Crippen molar-refractivity contribution < 1.29 is 4.79 Å². The Morgan fingerprint density at radius 3 is 2.87 bits per heavy atom. The highest BCUT2D eigenvalue weighted by Crippen LogP contribution is 2.08. The third-order valence-electron chi connectivity index (χ3n) is 3.70. The van der Waals surface area contributed by atoms with Gasteiger partial charge in [-0.1, -0.05) is 30.3 Å². The number of imidazole rings is 1. The van der Waals surface area contributed by atoms with Gasteiger partial charge in [-0.2, -0.15) is 11.3 Å². The standard InChI is InChI=1S/C18H19N3OS/c22-18(16-8-12-23-14-16)20-13-17-19-9-11-21(17)10-4-7-15-5-2-1-3-6-15/h1-3,5-6,8-9,11-12,14H,4,7,10,13H2,(H,20,22). The van der Waals surface area contributed by atoms with Gasteiger partial charge < -0.3 is 9.88 Å². The van der Waals surface area contributed by atoms with Gasteiger partial charge in [-0.05, 0) is 29.9 Å². The minimum Gasteiger partial charge on any atom is -0.345 e. The Hall–Kier alpha value is -2.40. The summed E-state index contributed by atoms with van der Waals surface area (Å²) in [6.45, 7) is 1.35. The summed E-state index contributed by atoms with van der Waals surface area (Å²) in [4.78, 5) is 16.3. The van der Waals surface area contributed by atoms with E-state index in [9.17, 15) is 4.79 Å². The van der Waals surface area contributed by atoms with E-state index in [1.165, 1.54) is 16.9 Å². The number of hydrogen-bond acceptors (Lipinski definition) is 3. The molecule has 0 spiro atoms. The minimum absolute atomic E-state index is 0.0508. The maximum Gasteiger partial charge on any atom is 0.252 e. The predicted molar refractivity (Wildman–Crippen MR) is 92.5 cm³/mol. The molecule has 23 heavy (non-hydrogen) atoms. The fourth-order valence-electron chi connectivity index (χ4n) is 2.46. The lowest BCUT2D eigenvalue weighted by Gasteiger charge is -2.09. The van der Waals surface area contributed by atoms with Crippen molar-refractivity contribution in [3.8, 4) is 0 Å². The normalized spacial score (nSPS) is 10.6. The van der Waals surface area contributed by atoms with Crippen LogP contribution in [0.2, 0.25) is 0 Å². The zero-order valence-electron chi connectivity index (χ0n) is 12.8. The SMILES string of the molecule is O=C(NCc1nccn1CCCc1ccccc1)c1ccsc1. The van der Waals surface area contributed by atoms with Crippen LogP contribution in [-0.4, -0.2) is 15.5 Å². The molecule has 0 unspecified atom stereocenters. The van der Waals surface area contributed by atoms with Crippen molar-refractivity contribution in [3.05, 3.63) is 76.5 Å². The van der Waals surface area contributed by atoms with Crippen LogP contribution in [0.3, 0.4) is 0 Å². The maximum atomic E-state index is 12.0. The fraction of sp³-hybridized carbons (Fsp3) is 0.222. The van der Waals surface area contributed by atoms with Gasteiger partial charge in [0.25, 0.3) is 5.91 Å². The van der Waals surface area contributed by atoms with Gasteiger partial charge in [0.2, 0.25) is 0 Å². The summed E-state index contributed by atoms with van der Waals surface area (Å²) in [5.41, 5.74) is 2.05. The Bertz CT molecular complexity index is 735. The van der Waals surface area contributed by atoms with E-state index in [1.807, 2.05) is 29.1 Å². The first-order valence-electron chi connectivity index (χ1n) is 7.67. The second-order valence-corrected chi connectivity index (χ2v) is 6.10. The number of carbonyl (C=O) groups is 1. The van der Waals surface area contributed by atoms with Gasteiger partial charge in [-0.25, -0.2) is 4.98 Å². The fourth-order valence-corrected chi connectivity index (χ4v) is 3.10. The number of nitrogens with zero attached hydrogens (tertiary/aromatic N) is 2. The number of hydrogen-bond donors (Lipinski definition) is 1. The van der Waals surface area contributed by atoms with E-state index in [1.54, 1.807) is 6.20 Å². The van der Waals surface area contributed by atoms with Crippen molar-refractivity contribution >= 4 is 17.2 Å². The molecule has 3 rings (SSSR count). The molecule has 3 aromatic rings. The van der Waals surface area contributed by atoms with E-state index >= 15 is 0 Å². The van der Waals surface area contributed by atoms with Crippen LogP contribution < -0.4 is 5.32 Å². The first-order chi connectivity index (χ1) is 11.3. The number of amides is 1. The highest BCUT2D eigenvalue weighted by Gasteiger charge is 2.08. The molecule has 0 fully saturated rings. The van der Waals surface area contributed by atoms with Crippen molar-refractivity contribution in [3.63, 3.8) is 0 Å². The summed E-state index contributed by atoms with van der Waals surface area (Å²) < 4.78 is 2.11. The summed E-state index contributed by atoms with van der Waals surface area (Å²) in [5, 5.41) is 6.67. The number of carbonyl (C=O) groups excluding carboxylic acids is 1. The second-order valence-electron chi connectivity index (χ2n) is 5.32. The number of aryl methyl sites for hydroxylation is 2. The first-order valence-corrected chi connectivity index (χ1v) is 8.61. The van der Waals surface area contributed by atoms with E-state index in [2.05, 4.69) is 39.1 Å². The Morgan fingerprint density at radius 1 is 1.22 bits per heavy atom. The Balaban J connectivity index is 1.50. The molecule has 1 amide bonds. The zero-order chi connectivity index (χ0) is 15.9. The average molecular weight is 325 g/mol. The molecule has 0 aliphatic carbocycles. The van der Waals surface area contributed by atoms with Crippen LogP contribution in [0.15, 0.2) is 59.6 Å². The van der Waals surface area contributed by atoms with Crippen LogP contribution in [0.5, 0.6) is 0 Å². The van der Waals surface area contributed by atoms with E-state index in [4.69, 9.17) is 0 Å². The van der Waals surface area contributed by atoms with Crippen LogP contribution in [0, 0.1) is 0 Å². The quantitative estimate of drug-likeness (QED) is 0.722. The molecule has 0 atom stereocenters. The molecule has 1 aromatic carbocycles. The summed E-state index contributed by atoms with van der Waals surface area (Å²) in [5.74, 6) is 0.840. The van der Waals surface area contributed by atoms with Gasteiger partial charge in [0, 0.05) is 29.9 Å². The molecule has 2 heterocycles. The van der Waals surface area contributed by atoms with Crippen LogP contribution in [-0.2, 0) is 19.5 Å². The lowest BCUT2D eigenvalue weighted by molar-refractivity contribution is 0.0950. The van der Waals surface area contributed by atoms with E-state index in [0.717, 1.165) is 25.2 Å². The second kappa shape index (κ2) is 7.74. The average Bonchev–Trinajstić information content (AvgIpc) is 3.26. The summed E-state index contributed by atoms with van der Waals surface area (Å²) >= 11 is 1.52. The number of thiophene rings is 1. The largest absolute Gasteiger partial charge is 0.345 e. The van der Waals surface area contributed by atoms with Gasteiger partial charge in [0.05, 0.1) is 6.54 Å². The molecular weight excluding hydrogens is 306 g/mol. The van der Waals surface area contributed by atoms with Gasteiger partial charge in [-0.3, -0.25) is 4.79 Å². The highest BCUT2D eigenvalue weighted by atomic mass is 32.1. The van der Waals surface area contributed by atoms with E-state index in [-0.39, 0.29) is 5.91 Å². The third kappa shape index (κ3) is 4.29. The Kier molecular flexibility index (Phi) is 5.21. The summed E-state index contributed by atoms with van der Waals surface area (Å²) in [7, 11) is 0. The van der Waals surface area contributed by atoms with Crippen molar-refractivity contribution in [1.82, 2.24) is 14.9 Å². The highest BCUT2D eigenvalue weighted by molar-refractivity contribution is 7.08. The molecule has 0 saturated carbocycles. The summed E-state index contributed by atoms with van der Waals surface area (Å²) in [6, 6.07) is 12.3. The molecule has 0 radical (unpaired) electrons. The molecule has 0 saturated heterocycles. The van der Waals surface area contributed by atoms with Crippen molar-refractivity contribution in [2.75, 3.05) is 0 Å². The third-order valence-corrected chi connectivity index (χ3v) is 4.38. The Morgan fingerprint density at radius 2 is 2.09 bits per heavy atom. The van der Waals surface area contributed by atoms with Crippen LogP contribution in [0.1, 0.15) is 28.2 Å². The van der Waals surface area contributed by atoms with Gasteiger partial charge >= 0.3 is 0 Å². The van der Waals surface area contributed by atoms with Gasteiger partial charge in [0.15, 0.2) is 0 Å². The van der Waals surface area contributed by atoms with E-state index in [0.29, 0.717) is 12.1 Å². The molecule has 0 bridgehead atoms. The van der Waals surface area contributed by atoms with Crippen LogP contribution in [0.4, 0.5) is 0 Å². The number of benzene rings is 1. The minimum atomic E-state index is -0.0508. The van der Waals surface area contributed by atoms with Crippen LogP contribution in [0.25, 0.3) is 0 Å². The van der Waals surface area contributed by atoms with Crippen molar-refractivity contribution in [2.45, 2.75) is 25.9 Å². The molecular formula is C18H19N3OS. The molecule has 5 heteroatoms. The monoisotopic (exact) mass is 325 g/mol. The Labute approximate surface area is 139 Å². The molecule has 0 aliphatic rings. The summed E-state index contributed by atoms with van der Waals surface area (Å²) in [6.07, 6.45) is 5.84. The van der Waals surface area contributed by atoms with Crippen molar-refractivity contribution in [2.24, 2.45) is 0 Å². The smallest absolute Gasteiger partial charge is 0.252 e. The molecule has 2 aromatic heterocycles.